The highest BCUT2D eigenvalue weighted by Gasteiger charge is 1.92. The van der Waals surface area contributed by atoms with Gasteiger partial charge in [-0.05, 0) is 19.3 Å². The minimum atomic E-state index is 0.949. The first-order chi connectivity index (χ1) is 6.58. The predicted octanol–water partition coefficient (Wildman–Crippen LogP) is 5.36. The Morgan fingerprint density at radius 1 is 1.29 bits per heavy atom. The lowest BCUT2D eigenvalue weighted by molar-refractivity contribution is 0.509. The SMILES string of the molecule is C=C(C)/C=C/CC.CCCC(C)CC. The quantitative estimate of drug-likeness (QED) is 0.519. The molecule has 14 heavy (non-hydrogen) atoms. The van der Waals surface area contributed by atoms with Gasteiger partial charge in [-0.2, -0.15) is 0 Å². The van der Waals surface area contributed by atoms with Crippen molar-refractivity contribution in [2.45, 2.75) is 60.3 Å². The largest absolute Gasteiger partial charge is 0.0961 e. The lowest BCUT2D eigenvalue weighted by atomic mass is 10.0. The molecule has 0 heterocycles. The summed E-state index contributed by atoms with van der Waals surface area (Å²) in [5.41, 5.74) is 1.13. The lowest BCUT2D eigenvalue weighted by Gasteiger charge is -2.02. The molecule has 1 atom stereocenters. The van der Waals surface area contributed by atoms with Crippen LogP contribution in [0.25, 0.3) is 0 Å². The molecule has 0 saturated carbocycles. The summed E-state index contributed by atoms with van der Waals surface area (Å²) in [4.78, 5) is 0. The van der Waals surface area contributed by atoms with Crippen LogP contribution in [-0.4, -0.2) is 0 Å². The average Bonchev–Trinajstić information content (AvgIpc) is 2.16. The number of allylic oxidation sites excluding steroid dienone is 3. The minimum absolute atomic E-state index is 0.949. The van der Waals surface area contributed by atoms with Crippen LogP contribution >= 0.6 is 0 Å². The van der Waals surface area contributed by atoms with Crippen molar-refractivity contribution in [3.8, 4) is 0 Å². The monoisotopic (exact) mass is 196 g/mol. The Morgan fingerprint density at radius 3 is 2.00 bits per heavy atom. The molecule has 0 fully saturated rings. The average molecular weight is 196 g/mol. The molecule has 0 spiro atoms. The predicted molar refractivity (Wildman–Crippen MR) is 68.6 cm³/mol. The second-order valence-electron chi connectivity index (χ2n) is 3.96. The van der Waals surface area contributed by atoms with Crippen molar-refractivity contribution >= 4 is 0 Å². The molecule has 0 aromatic heterocycles. The van der Waals surface area contributed by atoms with E-state index in [1.807, 2.05) is 13.0 Å². The second-order valence-corrected chi connectivity index (χ2v) is 3.96. The van der Waals surface area contributed by atoms with E-state index in [4.69, 9.17) is 0 Å². The Labute approximate surface area is 91.1 Å². The molecule has 0 aliphatic heterocycles. The van der Waals surface area contributed by atoms with Crippen molar-refractivity contribution in [1.29, 1.82) is 0 Å². The molecule has 0 radical (unpaired) electrons. The highest BCUT2D eigenvalue weighted by atomic mass is 14.0. The molecule has 0 aliphatic carbocycles. The van der Waals surface area contributed by atoms with Crippen LogP contribution in [0.5, 0.6) is 0 Å². The Hall–Kier alpha value is -0.520. The molecule has 0 amide bonds. The zero-order valence-corrected chi connectivity index (χ0v) is 10.8. The lowest BCUT2D eigenvalue weighted by Crippen LogP contribution is -1.88. The molecule has 0 heteroatoms. The summed E-state index contributed by atoms with van der Waals surface area (Å²) < 4.78 is 0. The van der Waals surface area contributed by atoms with Gasteiger partial charge in [0.05, 0.1) is 0 Å². The van der Waals surface area contributed by atoms with Gasteiger partial charge in [-0.15, -0.1) is 0 Å². The van der Waals surface area contributed by atoms with Crippen LogP contribution in [-0.2, 0) is 0 Å². The fourth-order valence-corrected chi connectivity index (χ4v) is 1.02. The third kappa shape index (κ3) is 17.5. The van der Waals surface area contributed by atoms with Crippen LogP contribution in [0.2, 0.25) is 0 Å². The summed E-state index contributed by atoms with van der Waals surface area (Å²) in [5.74, 6) is 0.949. The Balaban J connectivity index is 0. The molecule has 0 aliphatic rings. The number of rotatable bonds is 5. The van der Waals surface area contributed by atoms with Crippen LogP contribution in [0.4, 0.5) is 0 Å². The molecule has 0 saturated heterocycles. The van der Waals surface area contributed by atoms with Crippen molar-refractivity contribution in [2.24, 2.45) is 5.92 Å². The van der Waals surface area contributed by atoms with E-state index >= 15 is 0 Å². The molecule has 1 unspecified atom stereocenters. The maximum Gasteiger partial charge on any atom is -0.0376 e. The highest BCUT2D eigenvalue weighted by molar-refractivity contribution is 5.10. The fourth-order valence-electron chi connectivity index (χ4n) is 1.02. The number of hydrogen-bond acceptors (Lipinski definition) is 0. The van der Waals surface area contributed by atoms with Gasteiger partial charge in [0.2, 0.25) is 0 Å². The third-order valence-corrected chi connectivity index (χ3v) is 2.12. The standard InChI is InChI=1S/C7H12.C7H16/c1-4-5-6-7(2)3;1-4-6-7(3)5-2/h5-6H,2,4H2,1,3H3;7H,4-6H2,1-3H3/b6-5+;. The van der Waals surface area contributed by atoms with Gasteiger partial charge >= 0.3 is 0 Å². The van der Waals surface area contributed by atoms with Crippen LogP contribution in [0.1, 0.15) is 60.3 Å². The first-order valence-corrected chi connectivity index (χ1v) is 5.90. The first kappa shape index (κ1) is 15.9. The molecule has 0 nitrogen and oxygen atoms in total. The van der Waals surface area contributed by atoms with Crippen LogP contribution in [0.15, 0.2) is 24.3 Å². The van der Waals surface area contributed by atoms with E-state index in [9.17, 15) is 0 Å². The maximum atomic E-state index is 3.71. The van der Waals surface area contributed by atoms with Gasteiger partial charge in [0.1, 0.15) is 0 Å². The van der Waals surface area contributed by atoms with Gasteiger partial charge in [0.25, 0.3) is 0 Å². The van der Waals surface area contributed by atoms with Gasteiger partial charge < -0.3 is 0 Å². The topological polar surface area (TPSA) is 0 Å². The van der Waals surface area contributed by atoms with Crippen molar-refractivity contribution in [3.63, 3.8) is 0 Å². The smallest absolute Gasteiger partial charge is 0.0376 e. The zero-order valence-electron chi connectivity index (χ0n) is 10.8. The summed E-state index contributed by atoms with van der Waals surface area (Å²) in [6.45, 7) is 14.6. The molecule has 0 N–H and O–H groups in total. The van der Waals surface area contributed by atoms with E-state index in [0.29, 0.717) is 0 Å². The van der Waals surface area contributed by atoms with Crippen LogP contribution < -0.4 is 0 Å². The van der Waals surface area contributed by atoms with E-state index in [1.54, 1.807) is 0 Å². The van der Waals surface area contributed by atoms with E-state index in [2.05, 4.69) is 40.3 Å². The van der Waals surface area contributed by atoms with Gasteiger partial charge in [-0.1, -0.05) is 71.3 Å². The van der Waals surface area contributed by atoms with Crippen molar-refractivity contribution in [3.05, 3.63) is 24.3 Å². The highest BCUT2D eigenvalue weighted by Crippen LogP contribution is 2.07. The molecule has 0 bridgehead atoms. The Kier molecular flexibility index (Phi) is 14.2. The normalized spacial score (nSPS) is 12.1. The molecule has 0 rings (SSSR count). The Morgan fingerprint density at radius 2 is 1.86 bits per heavy atom. The van der Waals surface area contributed by atoms with E-state index in [0.717, 1.165) is 17.9 Å². The van der Waals surface area contributed by atoms with Crippen LogP contribution in [0.3, 0.4) is 0 Å². The molecular formula is C14H28. The number of hydrogen-bond donors (Lipinski definition) is 0. The Bertz CT molecular complexity index is 142. The van der Waals surface area contributed by atoms with Crippen molar-refractivity contribution in [2.75, 3.05) is 0 Å². The van der Waals surface area contributed by atoms with E-state index in [1.165, 1.54) is 19.3 Å². The molecule has 0 aromatic carbocycles. The molecule has 0 aromatic rings. The van der Waals surface area contributed by atoms with Gasteiger partial charge in [-0.3, -0.25) is 0 Å². The summed E-state index contributed by atoms with van der Waals surface area (Å²) in [6, 6.07) is 0. The van der Waals surface area contributed by atoms with Crippen LogP contribution in [0, 0.1) is 5.92 Å². The van der Waals surface area contributed by atoms with Gasteiger partial charge in [0, 0.05) is 0 Å². The van der Waals surface area contributed by atoms with Crippen molar-refractivity contribution in [1.82, 2.24) is 0 Å². The second kappa shape index (κ2) is 12.5. The third-order valence-electron chi connectivity index (χ3n) is 2.12. The minimum Gasteiger partial charge on any atom is -0.0961 e. The molecule has 84 valence electrons. The van der Waals surface area contributed by atoms with E-state index < -0.39 is 0 Å². The zero-order chi connectivity index (χ0) is 11.4. The van der Waals surface area contributed by atoms with Gasteiger partial charge in [0.15, 0.2) is 0 Å². The fraction of sp³-hybridized carbons (Fsp3) is 0.714. The maximum absolute atomic E-state index is 3.71. The summed E-state index contributed by atoms with van der Waals surface area (Å²) in [5, 5.41) is 0. The van der Waals surface area contributed by atoms with Gasteiger partial charge in [-0.25, -0.2) is 0 Å². The molecular weight excluding hydrogens is 168 g/mol. The summed E-state index contributed by atoms with van der Waals surface area (Å²) >= 11 is 0. The first-order valence-electron chi connectivity index (χ1n) is 5.90. The summed E-state index contributed by atoms with van der Waals surface area (Å²) in [7, 11) is 0. The summed E-state index contributed by atoms with van der Waals surface area (Å²) in [6.07, 6.45) is 9.31. The van der Waals surface area contributed by atoms with E-state index in [-0.39, 0.29) is 0 Å². The van der Waals surface area contributed by atoms with Crippen molar-refractivity contribution < 1.29 is 0 Å².